The Morgan fingerprint density at radius 2 is 0.351 bits per heavy atom. The first kappa shape index (κ1) is 78.4. The number of hydrogen-bond donors (Lipinski definition) is 0. The van der Waals surface area contributed by atoms with Crippen LogP contribution in [0.15, 0.2) is 480 Å². The number of hydrogen-bond acceptors (Lipinski definition) is 7. The largest absolute Gasteiger partial charge is 0.264 e. The molecule has 134 heavy (non-hydrogen) atoms. The van der Waals surface area contributed by atoms with E-state index in [1.54, 1.807) is 0 Å². The quantitative estimate of drug-likeness (QED) is 0.126. The van der Waals surface area contributed by atoms with Crippen LogP contribution in [0.4, 0.5) is 0 Å². The molecular formula is C127H79N7. The summed E-state index contributed by atoms with van der Waals surface area (Å²) in [7, 11) is 0. The lowest BCUT2D eigenvalue weighted by atomic mass is 9.90. The van der Waals surface area contributed by atoms with Crippen LogP contribution >= 0.6 is 0 Å². The van der Waals surface area contributed by atoms with Gasteiger partial charge in [-0.15, -0.1) is 0 Å². The molecule has 622 valence electrons. The molecule has 7 heteroatoms. The summed E-state index contributed by atoms with van der Waals surface area (Å²) in [6.07, 6.45) is 15.0. The highest BCUT2D eigenvalue weighted by molar-refractivity contribution is 6.16. The van der Waals surface area contributed by atoms with Crippen molar-refractivity contribution in [3.63, 3.8) is 0 Å². The summed E-state index contributed by atoms with van der Waals surface area (Å²) in [5, 5.41) is 33.6. The third-order valence-electron chi connectivity index (χ3n) is 26.7. The minimum absolute atomic E-state index is 0.937. The molecule has 0 aliphatic heterocycles. The van der Waals surface area contributed by atoms with E-state index in [-0.39, 0.29) is 0 Å². The average molecular weight is 1700 g/mol. The molecule has 27 rings (SSSR count). The number of benzene rings is 20. The van der Waals surface area contributed by atoms with Crippen LogP contribution in [0, 0.1) is 0 Å². The second-order valence-electron chi connectivity index (χ2n) is 34.8. The molecule has 0 saturated carbocycles. The number of rotatable bonds is 10. The number of aromatic nitrogens is 7. The van der Waals surface area contributed by atoms with E-state index in [1.165, 1.54) is 130 Å². The van der Waals surface area contributed by atoms with Gasteiger partial charge in [0.1, 0.15) is 0 Å². The zero-order chi connectivity index (χ0) is 88.5. The Balaban J connectivity index is 0.000000108. The van der Waals surface area contributed by atoms with Gasteiger partial charge in [0.15, 0.2) is 0 Å². The lowest BCUT2D eigenvalue weighted by Gasteiger charge is -2.17. The first-order valence-electron chi connectivity index (χ1n) is 45.4. The molecule has 0 aliphatic carbocycles. The van der Waals surface area contributed by atoms with Crippen molar-refractivity contribution in [2.45, 2.75) is 0 Å². The van der Waals surface area contributed by atoms with Crippen LogP contribution in [0.1, 0.15) is 0 Å². The van der Waals surface area contributed by atoms with Crippen LogP contribution < -0.4 is 0 Å². The summed E-state index contributed by atoms with van der Waals surface area (Å²) in [6, 6.07) is 155. The first-order chi connectivity index (χ1) is 66.3. The predicted octanol–water partition coefficient (Wildman–Crippen LogP) is 33.6. The lowest BCUT2D eigenvalue weighted by molar-refractivity contribution is 1.32. The molecule has 7 aromatic heterocycles. The van der Waals surface area contributed by atoms with Crippen molar-refractivity contribution >= 4 is 151 Å². The van der Waals surface area contributed by atoms with Gasteiger partial charge in [-0.2, -0.15) is 0 Å². The summed E-state index contributed by atoms with van der Waals surface area (Å²) >= 11 is 0. The SMILES string of the molecule is c1ccc2c(-c3cc(-c4ccc5cnccc5c4)cc(-c4c5ccccc5cc5ccccc45)n3)c3ccccc3cc2c1.c1ccc2cc3c(-c4cc(-c5ccc6cnccc6c5)cc(-c5cccc6cc7ccccc7cc56)n4)cccc3cc2c1.c1ccc2cc3cc(-c4ccc(-c5cc(-c6ccc7cnccc7c6)nc(-c6ccc7cnccc7c6)c5)cc4)ccc3cc2c1. The van der Waals surface area contributed by atoms with E-state index in [2.05, 4.69) is 451 Å². The summed E-state index contributed by atoms with van der Waals surface area (Å²) in [4.78, 5) is 33.4. The fourth-order valence-electron chi connectivity index (χ4n) is 19.9. The Kier molecular flexibility index (Phi) is 19.5. The van der Waals surface area contributed by atoms with Crippen LogP contribution in [0.5, 0.6) is 0 Å². The van der Waals surface area contributed by atoms with E-state index >= 15 is 0 Å². The molecule has 0 N–H and O–H groups in total. The fourth-order valence-corrected chi connectivity index (χ4v) is 19.9. The molecule has 7 heterocycles. The minimum Gasteiger partial charge on any atom is -0.264 e. The Labute approximate surface area is 772 Å². The van der Waals surface area contributed by atoms with Crippen molar-refractivity contribution in [1.82, 2.24) is 34.9 Å². The van der Waals surface area contributed by atoms with E-state index in [0.29, 0.717) is 0 Å². The van der Waals surface area contributed by atoms with Crippen molar-refractivity contribution in [2.75, 3.05) is 0 Å². The van der Waals surface area contributed by atoms with Crippen LogP contribution in [0.3, 0.4) is 0 Å². The zero-order valence-electron chi connectivity index (χ0n) is 72.7. The average Bonchev–Trinajstić information content (AvgIpc) is 0.712. The third kappa shape index (κ3) is 14.8. The maximum atomic E-state index is 5.55. The van der Waals surface area contributed by atoms with Crippen molar-refractivity contribution in [1.29, 1.82) is 0 Å². The Hall–Kier alpha value is -17.9. The summed E-state index contributed by atoms with van der Waals surface area (Å²) < 4.78 is 0. The Morgan fingerprint density at radius 3 is 0.746 bits per heavy atom. The van der Waals surface area contributed by atoms with Gasteiger partial charge in [-0.1, -0.05) is 291 Å². The van der Waals surface area contributed by atoms with Crippen LogP contribution in [0.2, 0.25) is 0 Å². The van der Waals surface area contributed by atoms with Crippen LogP contribution in [-0.2, 0) is 0 Å². The van der Waals surface area contributed by atoms with E-state index in [0.717, 1.165) is 133 Å². The maximum Gasteiger partial charge on any atom is 0.0728 e. The topological polar surface area (TPSA) is 90.2 Å². The molecule has 0 saturated heterocycles. The molecule has 20 aromatic carbocycles. The van der Waals surface area contributed by atoms with Gasteiger partial charge in [0.05, 0.1) is 34.2 Å². The standard InChI is InChI=1S/C43H27N3.2C42H26N2/c1-2-4-31-22-40-23-32(9-10-33(40)19-30(31)3-1)28-5-7-29(8-6-28)41-24-42(36-11-13-38-26-44-17-15-34(38)20-36)46-43(25-41)37-12-14-39-27-45-18-16-35(39)21-37;1-5-13-35-29(9-1)22-30-10-2-6-14-36(30)41(35)39-24-34(27-17-18-33-26-43-20-19-28(33)21-27)25-40(44-39)42-37-15-7-3-11-31(37)23-32-12-4-8-16-38(32)42;1-3-9-29-22-39-33(20-27(29)7-1)11-5-13-37(39)41-24-36(31-15-16-35-26-43-18-17-32(35)19-31)25-42(44-41)38-14-6-12-34-21-28-8-2-4-10-30(28)23-40(34)38/h1-27H;2*1-26H. The van der Waals surface area contributed by atoms with Gasteiger partial charge >= 0.3 is 0 Å². The second kappa shape index (κ2) is 33.3. The monoisotopic (exact) mass is 1700 g/mol. The lowest BCUT2D eigenvalue weighted by Crippen LogP contribution is -1.95. The Morgan fingerprint density at radius 1 is 0.119 bits per heavy atom. The van der Waals surface area contributed by atoms with E-state index < -0.39 is 0 Å². The normalized spacial score (nSPS) is 11.6. The molecule has 0 spiro atoms. The van der Waals surface area contributed by atoms with Gasteiger partial charge < -0.3 is 0 Å². The molecular weight excluding hydrogens is 1620 g/mol. The summed E-state index contributed by atoms with van der Waals surface area (Å²) in [6.45, 7) is 0. The highest BCUT2D eigenvalue weighted by atomic mass is 14.7. The summed E-state index contributed by atoms with van der Waals surface area (Å²) in [5.41, 5.74) is 21.7. The van der Waals surface area contributed by atoms with E-state index in [4.69, 9.17) is 15.0 Å². The van der Waals surface area contributed by atoms with Crippen LogP contribution in [0.25, 0.3) is 263 Å². The highest BCUT2D eigenvalue weighted by Gasteiger charge is 2.22. The maximum absolute atomic E-state index is 5.55. The van der Waals surface area contributed by atoms with Crippen molar-refractivity contribution < 1.29 is 0 Å². The molecule has 0 atom stereocenters. The smallest absolute Gasteiger partial charge is 0.0728 e. The molecule has 7 nitrogen and oxygen atoms in total. The van der Waals surface area contributed by atoms with Crippen LogP contribution in [-0.4, -0.2) is 34.9 Å². The van der Waals surface area contributed by atoms with Gasteiger partial charge in [-0.05, 0) is 313 Å². The van der Waals surface area contributed by atoms with Gasteiger partial charge in [-0.25, -0.2) is 15.0 Å². The highest BCUT2D eigenvalue weighted by Crippen LogP contribution is 2.46. The fraction of sp³-hybridized carbons (Fsp3) is 0. The molecule has 0 aliphatic rings. The minimum atomic E-state index is 0.937. The van der Waals surface area contributed by atoms with Crippen molar-refractivity contribution in [3.05, 3.63) is 480 Å². The van der Waals surface area contributed by atoms with E-state index in [1.807, 2.05) is 49.6 Å². The second-order valence-corrected chi connectivity index (χ2v) is 34.8. The molecule has 0 radical (unpaired) electrons. The first-order valence-corrected chi connectivity index (χ1v) is 45.4. The van der Waals surface area contributed by atoms with Gasteiger partial charge in [0.25, 0.3) is 0 Å². The zero-order valence-corrected chi connectivity index (χ0v) is 72.7. The van der Waals surface area contributed by atoms with Crippen molar-refractivity contribution in [3.8, 4) is 112 Å². The third-order valence-corrected chi connectivity index (χ3v) is 26.7. The Bertz CT molecular complexity index is 8950. The molecule has 0 amide bonds. The number of pyridine rings is 7. The van der Waals surface area contributed by atoms with E-state index in [9.17, 15) is 0 Å². The summed E-state index contributed by atoms with van der Waals surface area (Å²) in [5.74, 6) is 0. The van der Waals surface area contributed by atoms with Crippen molar-refractivity contribution in [2.24, 2.45) is 0 Å². The van der Waals surface area contributed by atoms with Gasteiger partial charge in [0.2, 0.25) is 0 Å². The molecule has 0 fully saturated rings. The number of fused-ring (bicyclic) bond motifs is 14. The predicted molar refractivity (Wildman–Crippen MR) is 563 cm³/mol. The number of nitrogens with zero attached hydrogens (tertiary/aromatic N) is 7. The molecule has 0 bridgehead atoms. The molecule has 27 aromatic rings. The molecule has 0 unspecified atom stereocenters. The van der Waals surface area contributed by atoms with Gasteiger partial charge in [0, 0.05) is 105 Å². The van der Waals surface area contributed by atoms with Gasteiger partial charge in [-0.3, -0.25) is 19.9 Å².